The van der Waals surface area contributed by atoms with Gasteiger partial charge in [0.15, 0.2) is 6.73 Å². The van der Waals surface area contributed by atoms with Gasteiger partial charge in [-0.3, -0.25) is 5.32 Å². The van der Waals surface area contributed by atoms with Gasteiger partial charge in [0, 0.05) is 12.0 Å². The average molecular weight is 354 g/mol. The molecule has 0 radical (unpaired) electrons. The third-order valence-corrected chi connectivity index (χ3v) is 4.09. The van der Waals surface area contributed by atoms with Crippen LogP contribution in [0.25, 0.3) is 0 Å². The van der Waals surface area contributed by atoms with Crippen LogP contribution in [0.15, 0.2) is 42.7 Å². The van der Waals surface area contributed by atoms with Crippen molar-refractivity contribution in [1.82, 2.24) is 20.6 Å². The largest absolute Gasteiger partial charge is 0.490 e. The molecule has 0 saturated carbocycles. The SMILES string of the molecule is C(#Cc1cccc(OC2CCNCC2)c1)CCCNCOn1cccn1. The van der Waals surface area contributed by atoms with E-state index in [2.05, 4.69) is 27.6 Å². The summed E-state index contributed by atoms with van der Waals surface area (Å²) in [6.45, 7) is 3.36. The van der Waals surface area contributed by atoms with Crippen molar-refractivity contribution in [3.8, 4) is 17.6 Å². The quantitative estimate of drug-likeness (QED) is 0.430. The molecule has 1 fully saturated rings. The maximum absolute atomic E-state index is 6.06. The lowest BCUT2D eigenvalue weighted by atomic mass is 10.1. The van der Waals surface area contributed by atoms with Crippen LogP contribution < -0.4 is 20.2 Å². The van der Waals surface area contributed by atoms with Crippen LogP contribution in [-0.4, -0.2) is 42.4 Å². The molecular formula is C20H26N4O2. The van der Waals surface area contributed by atoms with Gasteiger partial charge in [-0.15, -0.1) is 9.94 Å². The van der Waals surface area contributed by atoms with Crippen molar-refractivity contribution < 1.29 is 9.57 Å². The van der Waals surface area contributed by atoms with Crippen LogP contribution in [0.1, 0.15) is 31.2 Å². The maximum Gasteiger partial charge on any atom is 0.168 e. The minimum atomic E-state index is 0.314. The van der Waals surface area contributed by atoms with E-state index in [-0.39, 0.29) is 0 Å². The van der Waals surface area contributed by atoms with Crippen LogP contribution >= 0.6 is 0 Å². The first-order valence-corrected chi connectivity index (χ1v) is 9.20. The van der Waals surface area contributed by atoms with Crippen molar-refractivity contribution in [2.75, 3.05) is 26.4 Å². The minimum absolute atomic E-state index is 0.314. The van der Waals surface area contributed by atoms with Crippen LogP contribution in [0.3, 0.4) is 0 Å². The Morgan fingerprint density at radius 2 is 2.19 bits per heavy atom. The van der Waals surface area contributed by atoms with Crippen molar-refractivity contribution in [3.63, 3.8) is 0 Å². The first-order valence-electron chi connectivity index (χ1n) is 9.20. The Hall–Kier alpha value is -2.49. The van der Waals surface area contributed by atoms with E-state index in [1.54, 1.807) is 12.4 Å². The minimum Gasteiger partial charge on any atom is -0.490 e. The van der Waals surface area contributed by atoms with E-state index < -0.39 is 0 Å². The van der Waals surface area contributed by atoms with Gasteiger partial charge in [0.25, 0.3) is 0 Å². The highest BCUT2D eigenvalue weighted by molar-refractivity contribution is 5.39. The van der Waals surface area contributed by atoms with Crippen molar-refractivity contribution in [3.05, 3.63) is 48.3 Å². The molecular weight excluding hydrogens is 328 g/mol. The second-order valence-electron chi connectivity index (χ2n) is 6.18. The lowest BCUT2D eigenvalue weighted by molar-refractivity contribution is 0.0689. The molecule has 0 aliphatic carbocycles. The van der Waals surface area contributed by atoms with Crippen LogP contribution in [0.4, 0.5) is 0 Å². The summed E-state index contributed by atoms with van der Waals surface area (Å²) in [6, 6.07) is 9.90. The summed E-state index contributed by atoms with van der Waals surface area (Å²) < 4.78 is 6.06. The molecule has 1 saturated heterocycles. The molecule has 0 bridgehead atoms. The zero-order chi connectivity index (χ0) is 17.9. The summed E-state index contributed by atoms with van der Waals surface area (Å²) in [5.41, 5.74) is 1.01. The van der Waals surface area contributed by atoms with Crippen LogP contribution in [0, 0.1) is 11.8 Å². The monoisotopic (exact) mass is 354 g/mol. The number of nitrogens with one attached hydrogen (secondary N) is 2. The Balaban J connectivity index is 1.33. The predicted molar refractivity (Wildman–Crippen MR) is 101 cm³/mol. The third-order valence-electron chi connectivity index (χ3n) is 4.09. The Bertz CT molecular complexity index is 700. The van der Waals surface area contributed by atoms with Gasteiger partial charge in [0.05, 0.1) is 12.4 Å². The van der Waals surface area contributed by atoms with Crippen molar-refractivity contribution in [2.24, 2.45) is 0 Å². The Labute approximate surface area is 154 Å². The van der Waals surface area contributed by atoms with Gasteiger partial charge in [-0.05, 0) is 63.2 Å². The van der Waals surface area contributed by atoms with Gasteiger partial charge in [-0.2, -0.15) is 0 Å². The van der Waals surface area contributed by atoms with Crippen molar-refractivity contribution in [1.29, 1.82) is 0 Å². The molecule has 3 rings (SSSR count). The van der Waals surface area contributed by atoms with Crippen molar-refractivity contribution >= 4 is 0 Å². The lowest BCUT2D eigenvalue weighted by Gasteiger charge is -2.23. The first kappa shape index (κ1) is 18.3. The van der Waals surface area contributed by atoms with Crippen molar-refractivity contribution in [2.45, 2.75) is 31.8 Å². The number of hydrogen-bond donors (Lipinski definition) is 2. The molecule has 26 heavy (non-hydrogen) atoms. The van der Waals surface area contributed by atoms with Crippen LogP contribution in [0.2, 0.25) is 0 Å². The smallest absolute Gasteiger partial charge is 0.168 e. The van der Waals surface area contributed by atoms with E-state index >= 15 is 0 Å². The first-order chi connectivity index (χ1) is 12.9. The molecule has 0 unspecified atom stereocenters. The number of benzene rings is 1. The summed E-state index contributed by atoms with van der Waals surface area (Å²) >= 11 is 0. The average Bonchev–Trinajstić information content (AvgIpc) is 3.18. The highest BCUT2D eigenvalue weighted by Crippen LogP contribution is 2.17. The summed E-state index contributed by atoms with van der Waals surface area (Å²) in [5.74, 6) is 7.36. The standard InChI is InChI=1S/C20H26N4O2/c1(3-11-22-17-25-24-15-5-12-23-24)2-6-18-7-4-8-20(16-18)26-19-9-13-21-14-10-19/h4-5,7-8,12,15-16,19,21-22H,1,3,9-11,13-14,17H2. The molecule has 138 valence electrons. The summed E-state index contributed by atoms with van der Waals surface area (Å²) in [7, 11) is 0. The maximum atomic E-state index is 6.06. The van der Waals surface area contributed by atoms with Crippen LogP contribution in [0.5, 0.6) is 5.75 Å². The van der Waals surface area contributed by atoms with E-state index in [1.165, 1.54) is 4.85 Å². The fourth-order valence-corrected chi connectivity index (χ4v) is 2.73. The molecule has 0 spiro atoms. The number of piperidine rings is 1. The van der Waals surface area contributed by atoms with E-state index in [4.69, 9.17) is 9.57 Å². The topological polar surface area (TPSA) is 60.3 Å². The fourth-order valence-electron chi connectivity index (χ4n) is 2.73. The normalized spacial score (nSPS) is 14.5. The number of ether oxygens (including phenoxy) is 1. The predicted octanol–water partition coefficient (Wildman–Crippen LogP) is 1.82. The van der Waals surface area contributed by atoms with Gasteiger partial charge >= 0.3 is 0 Å². The van der Waals surface area contributed by atoms with Gasteiger partial charge in [-0.25, -0.2) is 0 Å². The summed E-state index contributed by atoms with van der Waals surface area (Å²) in [4.78, 5) is 6.77. The molecule has 1 aliphatic rings. The van der Waals surface area contributed by atoms with Gasteiger partial charge < -0.3 is 14.9 Å². The highest BCUT2D eigenvalue weighted by atomic mass is 16.7. The molecule has 1 aromatic carbocycles. The third kappa shape index (κ3) is 6.43. The van der Waals surface area contributed by atoms with Gasteiger partial charge in [0.2, 0.25) is 0 Å². The molecule has 0 amide bonds. The lowest BCUT2D eigenvalue weighted by Crippen LogP contribution is -2.34. The van der Waals surface area contributed by atoms with E-state index in [0.717, 1.165) is 56.6 Å². The van der Waals surface area contributed by atoms with E-state index in [1.807, 2.05) is 30.3 Å². The summed E-state index contributed by atoms with van der Waals surface area (Å²) in [6.07, 6.45) is 7.70. The molecule has 1 aromatic heterocycles. The molecule has 2 N–H and O–H groups in total. The second kappa shape index (κ2) is 10.5. The van der Waals surface area contributed by atoms with E-state index in [9.17, 15) is 0 Å². The molecule has 2 aromatic rings. The van der Waals surface area contributed by atoms with E-state index in [0.29, 0.717) is 12.8 Å². The second-order valence-corrected chi connectivity index (χ2v) is 6.18. The number of nitrogens with zero attached hydrogens (tertiary/aromatic N) is 2. The molecule has 6 heteroatoms. The number of aromatic nitrogens is 2. The molecule has 6 nitrogen and oxygen atoms in total. The Morgan fingerprint density at radius 3 is 3.04 bits per heavy atom. The molecule has 0 atom stereocenters. The zero-order valence-corrected chi connectivity index (χ0v) is 15.0. The fraction of sp³-hybridized carbons (Fsp3) is 0.450. The number of hydrogen-bond acceptors (Lipinski definition) is 5. The zero-order valence-electron chi connectivity index (χ0n) is 15.0. The van der Waals surface area contributed by atoms with Gasteiger partial charge in [-0.1, -0.05) is 17.9 Å². The highest BCUT2D eigenvalue weighted by Gasteiger charge is 2.14. The van der Waals surface area contributed by atoms with Gasteiger partial charge in [0.1, 0.15) is 11.9 Å². The number of unbranched alkanes of at least 4 members (excludes halogenated alkanes) is 1. The number of rotatable bonds is 8. The van der Waals surface area contributed by atoms with Crippen LogP contribution in [-0.2, 0) is 0 Å². The summed E-state index contributed by atoms with van der Waals surface area (Å²) in [5, 5.41) is 10.5. The molecule has 2 heterocycles. The Kier molecular flexibility index (Phi) is 7.39. The molecule has 1 aliphatic heterocycles. The Morgan fingerprint density at radius 1 is 1.27 bits per heavy atom.